The lowest BCUT2D eigenvalue weighted by Gasteiger charge is -2.25. The molecule has 0 bridgehead atoms. The summed E-state index contributed by atoms with van der Waals surface area (Å²) in [6, 6.07) is 7.44. The second-order valence-electron chi connectivity index (χ2n) is 6.65. The zero-order chi connectivity index (χ0) is 20.6. The van der Waals surface area contributed by atoms with Gasteiger partial charge in [-0.25, -0.2) is 12.7 Å². The maximum atomic E-state index is 13.9. The molecule has 0 radical (unpaired) electrons. The lowest BCUT2D eigenvalue weighted by molar-refractivity contribution is 0.162. The molecule has 0 amide bonds. The Hall–Kier alpha value is -1.69. The van der Waals surface area contributed by atoms with Gasteiger partial charge in [0, 0.05) is 18.3 Å². The number of thioether (sulfide) groups is 1. The molecule has 156 valence electrons. The summed E-state index contributed by atoms with van der Waals surface area (Å²) in [7, 11) is -4.39. The minimum Gasteiger partial charge on any atom is -0.396 e. The van der Waals surface area contributed by atoms with E-state index in [4.69, 9.17) is 5.11 Å². The minimum absolute atomic E-state index is 0.0658. The quantitative estimate of drug-likeness (QED) is 0.621. The van der Waals surface area contributed by atoms with Crippen LogP contribution in [0.3, 0.4) is 0 Å². The van der Waals surface area contributed by atoms with Gasteiger partial charge in [0.15, 0.2) is 0 Å². The van der Waals surface area contributed by atoms with Gasteiger partial charge < -0.3 is 10.4 Å². The van der Waals surface area contributed by atoms with Crippen molar-refractivity contribution in [2.75, 3.05) is 22.8 Å². The zero-order valence-corrected chi connectivity index (χ0v) is 17.6. The molecule has 0 aliphatic carbocycles. The number of aliphatic imine (C=N–C) groups is 1. The lowest BCUT2D eigenvalue weighted by atomic mass is 10.1. The Morgan fingerprint density at radius 2 is 2.14 bits per heavy atom. The number of alkyl halides is 2. The van der Waals surface area contributed by atoms with Crippen LogP contribution < -0.4 is 9.62 Å². The number of nitrogens with zero attached hydrogens (tertiary/aromatic N) is 2. The molecule has 2 atom stereocenters. The summed E-state index contributed by atoms with van der Waals surface area (Å²) in [6.07, 6.45) is 1.18. The summed E-state index contributed by atoms with van der Waals surface area (Å²) < 4.78 is 53.7. The van der Waals surface area contributed by atoms with Crippen molar-refractivity contribution >= 4 is 49.5 Å². The number of hydrogen-bond donors (Lipinski definition) is 2. The average molecular weight is 460 g/mol. The van der Waals surface area contributed by atoms with Gasteiger partial charge in [0.25, 0.3) is 10.0 Å². The van der Waals surface area contributed by atoms with E-state index < -0.39 is 16.6 Å². The number of anilines is 2. The molecule has 6 nitrogen and oxygen atoms in total. The van der Waals surface area contributed by atoms with Crippen LogP contribution >= 0.6 is 23.1 Å². The van der Waals surface area contributed by atoms with Crippen LogP contribution in [0.4, 0.5) is 20.2 Å². The van der Waals surface area contributed by atoms with Crippen LogP contribution in [-0.4, -0.2) is 49.6 Å². The van der Waals surface area contributed by atoms with Crippen LogP contribution in [0.15, 0.2) is 44.9 Å². The van der Waals surface area contributed by atoms with Crippen molar-refractivity contribution in [2.24, 2.45) is 4.99 Å². The molecular weight excluding hydrogens is 440 g/mol. The van der Waals surface area contributed by atoms with Gasteiger partial charge in [-0.3, -0.25) is 4.99 Å². The van der Waals surface area contributed by atoms with Crippen LogP contribution in [0.25, 0.3) is 0 Å². The van der Waals surface area contributed by atoms with Gasteiger partial charge >= 0.3 is 6.55 Å². The fourth-order valence-electron chi connectivity index (χ4n) is 3.47. The molecule has 11 heteroatoms. The second kappa shape index (κ2) is 8.21. The molecule has 1 aromatic heterocycles. The van der Waals surface area contributed by atoms with E-state index in [9.17, 15) is 17.2 Å². The molecule has 0 spiro atoms. The summed E-state index contributed by atoms with van der Waals surface area (Å²) in [6.45, 7) is -2.52. The Kier molecular flexibility index (Phi) is 5.83. The maximum absolute atomic E-state index is 13.9. The van der Waals surface area contributed by atoms with Crippen molar-refractivity contribution in [1.29, 1.82) is 0 Å². The Labute approximate surface area is 175 Å². The third-order valence-electron chi connectivity index (χ3n) is 4.78. The number of fused-ring (bicyclic) bond motifs is 1. The lowest BCUT2D eigenvalue weighted by Crippen LogP contribution is -2.36. The first-order chi connectivity index (χ1) is 13.9. The van der Waals surface area contributed by atoms with Gasteiger partial charge in [0.1, 0.15) is 4.21 Å². The summed E-state index contributed by atoms with van der Waals surface area (Å²) in [5, 5.41) is 14.9. The molecule has 1 aromatic carbocycles. The molecule has 2 N–H and O–H groups in total. The van der Waals surface area contributed by atoms with Crippen LogP contribution in [0.5, 0.6) is 0 Å². The number of para-hydroxylation sites is 1. The predicted molar refractivity (Wildman–Crippen MR) is 113 cm³/mol. The van der Waals surface area contributed by atoms with Crippen LogP contribution in [0.1, 0.15) is 12.0 Å². The van der Waals surface area contributed by atoms with Gasteiger partial charge in [-0.15, -0.1) is 23.1 Å². The van der Waals surface area contributed by atoms with Gasteiger partial charge in [-0.05, 0) is 29.5 Å². The molecule has 2 aromatic rings. The fraction of sp³-hybridized carbons (Fsp3) is 0.389. The number of nitrogens with one attached hydrogen (secondary N) is 1. The zero-order valence-electron chi connectivity index (χ0n) is 15.2. The number of aliphatic hydroxyl groups is 1. The van der Waals surface area contributed by atoms with E-state index in [1.165, 1.54) is 18.2 Å². The van der Waals surface area contributed by atoms with E-state index in [1.807, 2.05) is 0 Å². The summed E-state index contributed by atoms with van der Waals surface area (Å²) in [5.74, 6) is 0. The van der Waals surface area contributed by atoms with Gasteiger partial charge in [-0.1, -0.05) is 18.2 Å². The fourth-order valence-corrected chi connectivity index (χ4v) is 7.05. The smallest absolute Gasteiger partial charge is 0.328 e. The molecule has 2 unspecified atom stereocenters. The molecule has 4 rings (SSSR count). The van der Waals surface area contributed by atoms with E-state index in [1.54, 1.807) is 29.3 Å². The van der Waals surface area contributed by atoms with Crippen LogP contribution in [0, 0.1) is 0 Å². The number of rotatable bonds is 7. The van der Waals surface area contributed by atoms with Crippen molar-refractivity contribution < 1.29 is 22.3 Å². The van der Waals surface area contributed by atoms with Crippen LogP contribution in [0.2, 0.25) is 0 Å². The number of halogens is 2. The minimum atomic E-state index is -4.39. The number of benzene rings is 1. The highest BCUT2D eigenvalue weighted by Gasteiger charge is 2.38. The molecule has 0 saturated carbocycles. The second-order valence-corrected chi connectivity index (χ2v) is 11.0. The van der Waals surface area contributed by atoms with E-state index in [2.05, 4.69) is 10.3 Å². The Morgan fingerprint density at radius 3 is 2.83 bits per heavy atom. The first-order valence-electron chi connectivity index (χ1n) is 8.98. The highest BCUT2D eigenvalue weighted by Crippen LogP contribution is 2.41. The van der Waals surface area contributed by atoms with Gasteiger partial charge in [0.05, 0.1) is 29.0 Å². The molecular formula is C18H19F2N3O3S3. The molecule has 2 aliphatic heterocycles. The van der Waals surface area contributed by atoms with Gasteiger partial charge in [0.2, 0.25) is 0 Å². The average Bonchev–Trinajstić information content (AvgIpc) is 3.42. The standard InChI is InChI=1S/C18H19F2N3O3S3/c19-18(20)23(29(25,26)15-5-2-8-27-15)14-4-1-3-11-9-13(22-16(11)14)17-21-10-12(28-17)6-7-24/h1-5,8,12-13,18,22,24H,6-7,9-10H2. The Bertz CT molecular complexity index is 1010. The summed E-state index contributed by atoms with van der Waals surface area (Å²) in [5.41, 5.74) is 1.10. The van der Waals surface area contributed by atoms with E-state index in [-0.39, 0.29) is 32.1 Å². The topological polar surface area (TPSA) is 82.0 Å². The normalized spacial score (nSPS) is 21.2. The molecule has 29 heavy (non-hydrogen) atoms. The van der Waals surface area contributed by atoms with E-state index in [0.717, 1.165) is 21.9 Å². The molecule has 2 aliphatic rings. The highest BCUT2D eigenvalue weighted by molar-refractivity contribution is 8.14. The Balaban J connectivity index is 1.64. The molecule has 0 saturated heterocycles. The maximum Gasteiger partial charge on any atom is 0.328 e. The summed E-state index contributed by atoms with van der Waals surface area (Å²) in [4.78, 5) is 4.53. The number of hydrogen-bond acceptors (Lipinski definition) is 7. The van der Waals surface area contributed by atoms with Crippen molar-refractivity contribution in [1.82, 2.24) is 0 Å². The monoisotopic (exact) mass is 459 g/mol. The number of aliphatic hydroxyl groups excluding tert-OH is 1. The van der Waals surface area contributed by atoms with Crippen molar-refractivity contribution in [3.05, 3.63) is 41.3 Å². The van der Waals surface area contributed by atoms with E-state index >= 15 is 0 Å². The number of sulfonamides is 1. The SMILES string of the molecule is O=S(=O)(c1cccs1)N(c1cccc2c1NC(C1=NCC(CCO)S1)C2)C(F)F. The third-order valence-corrected chi connectivity index (χ3v) is 9.26. The van der Waals surface area contributed by atoms with Gasteiger partial charge in [-0.2, -0.15) is 8.78 Å². The first-order valence-corrected chi connectivity index (χ1v) is 12.2. The summed E-state index contributed by atoms with van der Waals surface area (Å²) >= 11 is 2.48. The van der Waals surface area contributed by atoms with Crippen molar-refractivity contribution in [3.63, 3.8) is 0 Å². The first kappa shape index (κ1) is 20.6. The molecule has 0 fully saturated rings. The number of thiophene rings is 1. The van der Waals surface area contributed by atoms with E-state index in [0.29, 0.717) is 25.1 Å². The largest absolute Gasteiger partial charge is 0.396 e. The Morgan fingerprint density at radius 1 is 1.31 bits per heavy atom. The van der Waals surface area contributed by atoms with Crippen LogP contribution in [-0.2, 0) is 16.4 Å². The predicted octanol–water partition coefficient (Wildman–Crippen LogP) is 3.40. The third kappa shape index (κ3) is 3.88. The molecule has 3 heterocycles. The highest BCUT2D eigenvalue weighted by atomic mass is 32.2. The van der Waals surface area contributed by atoms with Crippen molar-refractivity contribution in [3.8, 4) is 0 Å². The van der Waals surface area contributed by atoms with Crippen molar-refractivity contribution in [2.45, 2.75) is 34.9 Å².